The standard InChI is InChI=1S/C31H39N5O2Si/c1-39(2,3)19-18-38-21-28(31-34-25-10-4-5-11-26(25)35-31)36(20-22-13-15-24(16-14-22)30(32)37)27-12-6-8-23-9-7-17-33-29(23)27/h4-5,7,9-11,13-17,27-28H,6,8,12,18-21H2,1-3H3,(H2,32,37)(H,34,35). The first-order valence-corrected chi connectivity index (χ1v) is 17.6. The minimum Gasteiger partial charge on any atom is -0.380 e. The molecule has 1 aliphatic rings. The zero-order valence-electron chi connectivity index (χ0n) is 23.2. The predicted octanol–water partition coefficient (Wildman–Crippen LogP) is 6.03. The summed E-state index contributed by atoms with van der Waals surface area (Å²) in [7, 11) is -1.23. The lowest BCUT2D eigenvalue weighted by Crippen LogP contribution is -2.38. The van der Waals surface area contributed by atoms with E-state index in [0.29, 0.717) is 18.7 Å². The van der Waals surface area contributed by atoms with Gasteiger partial charge >= 0.3 is 0 Å². The van der Waals surface area contributed by atoms with Gasteiger partial charge in [0.15, 0.2) is 0 Å². The number of nitrogens with zero attached hydrogens (tertiary/aromatic N) is 3. The van der Waals surface area contributed by atoms with Crippen LogP contribution in [0, 0.1) is 0 Å². The average molecular weight is 542 g/mol. The van der Waals surface area contributed by atoms with Gasteiger partial charge in [-0.1, -0.05) is 50.0 Å². The molecule has 204 valence electrons. The number of aromatic nitrogens is 3. The second kappa shape index (κ2) is 11.8. The molecule has 0 bridgehead atoms. The maximum absolute atomic E-state index is 11.7. The molecule has 7 nitrogen and oxygen atoms in total. The number of fused-ring (bicyclic) bond motifs is 2. The number of primary amides is 1. The third-order valence-electron chi connectivity index (χ3n) is 7.57. The second-order valence-electron chi connectivity index (χ2n) is 11.7. The van der Waals surface area contributed by atoms with Gasteiger partial charge in [0.2, 0.25) is 5.91 Å². The number of nitrogens with one attached hydrogen (secondary N) is 1. The van der Waals surface area contributed by atoms with Gasteiger partial charge in [-0.3, -0.25) is 14.7 Å². The number of hydrogen-bond acceptors (Lipinski definition) is 5. The summed E-state index contributed by atoms with van der Waals surface area (Å²) >= 11 is 0. The van der Waals surface area contributed by atoms with Crippen molar-refractivity contribution in [2.45, 2.75) is 63.6 Å². The Balaban J connectivity index is 1.54. The van der Waals surface area contributed by atoms with Crippen LogP contribution in [0.5, 0.6) is 0 Å². The number of para-hydroxylation sites is 2. The summed E-state index contributed by atoms with van der Waals surface area (Å²) in [5.74, 6) is 0.487. The number of carbonyl (C=O) groups is 1. The lowest BCUT2D eigenvalue weighted by atomic mass is 9.89. The minimum absolute atomic E-state index is 0.104. The lowest BCUT2D eigenvalue weighted by Gasteiger charge is -2.39. The van der Waals surface area contributed by atoms with Gasteiger partial charge in [0.1, 0.15) is 5.82 Å². The van der Waals surface area contributed by atoms with Crippen molar-refractivity contribution < 1.29 is 9.53 Å². The summed E-state index contributed by atoms with van der Waals surface area (Å²) < 4.78 is 6.42. The van der Waals surface area contributed by atoms with E-state index in [2.05, 4.69) is 41.7 Å². The van der Waals surface area contributed by atoms with E-state index < -0.39 is 14.0 Å². The maximum atomic E-state index is 11.7. The summed E-state index contributed by atoms with van der Waals surface area (Å²) in [6.45, 7) is 9.06. The third kappa shape index (κ3) is 6.64. The zero-order chi connectivity index (χ0) is 27.4. The van der Waals surface area contributed by atoms with Crippen LogP contribution in [-0.4, -0.2) is 47.0 Å². The van der Waals surface area contributed by atoms with Crippen molar-refractivity contribution in [2.75, 3.05) is 13.2 Å². The number of nitrogens with two attached hydrogens (primary N) is 1. The van der Waals surface area contributed by atoms with Crippen molar-refractivity contribution in [3.8, 4) is 0 Å². The normalized spacial score (nSPS) is 16.4. The van der Waals surface area contributed by atoms with E-state index in [1.54, 1.807) is 0 Å². The van der Waals surface area contributed by atoms with E-state index >= 15 is 0 Å². The number of ether oxygens (including phenoxy) is 1. The SMILES string of the molecule is C[Si](C)(C)CCOCC(c1nc2ccccc2[nH]1)N(Cc1ccc(C(N)=O)cc1)C1CCCc2cccnc21. The summed E-state index contributed by atoms with van der Waals surface area (Å²) in [6.07, 6.45) is 5.05. The van der Waals surface area contributed by atoms with Gasteiger partial charge in [-0.05, 0) is 66.8 Å². The number of aryl methyl sites for hydroxylation is 1. The molecule has 8 heteroatoms. The molecule has 2 aromatic heterocycles. The first-order valence-electron chi connectivity index (χ1n) is 13.9. The third-order valence-corrected chi connectivity index (χ3v) is 9.27. The smallest absolute Gasteiger partial charge is 0.248 e. The molecule has 1 amide bonds. The molecule has 39 heavy (non-hydrogen) atoms. The molecule has 4 aromatic rings. The van der Waals surface area contributed by atoms with E-state index in [0.717, 1.165) is 60.0 Å². The summed E-state index contributed by atoms with van der Waals surface area (Å²) in [4.78, 5) is 27.7. The van der Waals surface area contributed by atoms with Crippen LogP contribution in [0.1, 0.15) is 57.9 Å². The number of H-pyrrole nitrogens is 1. The fourth-order valence-electron chi connectivity index (χ4n) is 5.37. The maximum Gasteiger partial charge on any atom is 0.248 e. The second-order valence-corrected chi connectivity index (χ2v) is 17.4. The molecule has 0 saturated carbocycles. The fourth-order valence-corrected chi connectivity index (χ4v) is 6.12. The highest BCUT2D eigenvalue weighted by atomic mass is 28.3. The Morgan fingerprint density at radius 1 is 1.13 bits per heavy atom. The van der Waals surface area contributed by atoms with Crippen molar-refractivity contribution in [3.05, 3.63) is 95.1 Å². The van der Waals surface area contributed by atoms with Crippen LogP contribution in [0.2, 0.25) is 25.7 Å². The highest BCUT2D eigenvalue weighted by Gasteiger charge is 2.34. The molecule has 2 atom stereocenters. The summed E-state index contributed by atoms with van der Waals surface area (Å²) in [5, 5.41) is 0. The van der Waals surface area contributed by atoms with Crippen LogP contribution in [0.25, 0.3) is 11.0 Å². The zero-order valence-corrected chi connectivity index (χ0v) is 24.2. The Labute approximate surface area is 231 Å². The predicted molar refractivity (Wildman–Crippen MR) is 158 cm³/mol. The monoisotopic (exact) mass is 541 g/mol. The van der Waals surface area contributed by atoms with E-state index in [1.165, 1.54) is 5.56 Å². The molecule has 2 unspecified atom stereocenters. The molecule has 3 N–H and O–H groups in total. The quantitative estimate of drug-likeness (QED) is 0.178. The molecule has 1 aliphatic carbocycles. The van der Waals surface area contributed by atoms with Gasteiger partial charge in [-0.15, -0.1) is 0 Å². The van der Waals surface area contributed by atoms with E-state index in [4.69, 9.17) is 20.4 Å². The van der Waals surface area contributed by atoms with Crippen molar-refractivity contribution in [2.24, 2.45) is 5.73 Å². The molecule has 0 saturated heterocycles. The average Bonchev–Trinajstić information content (AvgIpc) is 3.35. The summed E-state index contributed by atoms with van der Waals surface area (Å²) in [6, 6.07) is 21.1. The first-order chi connectivity index (χ1) is 18.8. The summed E-state index contributed by atoms with van der Waals surface area (Å²) in [5.41, 5.74) is 11.5. The number of hydrogen-bond donors (Lipinski definition) is 2. The molecule has 5 rings (SSSR count). The highest BCUT2D eigenvalue weighted by Crippen LogP contribution is 2.39. The van der Waals surface area contributed by atoms with E-state index in [-0.39, 0.29) is 12.1 Å². The molecule has 2 heterocycles. The van der Waals surface area contributed by atoms with Crippen LogP contribution in [0.15, 0.2) is 66.9 Å². The van der Waals surface area contributed by atoms with Gasteiger partial charge in [-0.2, -0.15) is 0 Å². The topological polar surface area (TPSA) is 97.1 Å². The molecular weight excluding hydrogens is 502 g/mol. The van der Waals surface area contributed by atoms with Crippen LogP contribution in [0.4, 0.5) is 0 Å². The Bertz CT molecular complexity index is 1380. The lowest BCUT2D eigenvalue weighted by molar-refractivity contribution is 0.0257. The van der Waals surface area contributed by atoms with Crippen LogP contribution < -0.4 is 5.73 Å². The number of carbonyl (C=O) groups excluding carboxylic acids is 1. The van der Waals surface area contributed by atoms with Gasteiger partial charge in [0.05, 0.1) is 35.4 Å². The Hall–Kier alpha value is -3.33. The molecule has 0 aliphatic heterocycles. The molecule has 0 fully saturated rings. The molecular formula is C31H39N5O2Si. The number of benzene rings is 2. The van der Waals surface area contributed by atoms with E-state index in [9.17, 15) is 4.79 Å². The largest absolute Gasteiger partial charge is 0.380 e. The number of imidazole rings is 1. The number of rotatable bonds is 11. The Morgan fingerprint density at radius 2 is 1.92 bits per heavy atom. The molecule has 0 radical (unpaired) electrons. The fraction of sp³-hybridized carbons (Fsp3) is 0.387. The molecule has 2 aromatic carbocycles. The first kappa shape index (κ1) is 27.2. The van der Waals surface area contributed by atoms with Crippen molar-refractivity contribution in [1.82, 2.24) is 19.9 Å². The number of amides is 1. The van der Waals surface area contributed by atoms with Gasteiger partial charge in [0.25, 0.3) is 0 Å². The molecule has 0 spiro atoms. The van der Waals surface area contributed by atoms with E-state index in [1.807, 2.05) is 54.7 Å². The van der Waals surface area contributed by atoms with Crippen molar-refractivity contribution in [1.29, 1.82) is 0 Å². The van der Waals surface area contributed by atoms with Crippen LogP contribution in [0.3, 0.4) is 0 Å². The number of aromatic amines is 1. The Morgan fingerprint density at radius 3 is 2.67 bits per heavy atom. The Kier molecular flexibility index (Phi) is 8.25. The van der Waals surface area contributed by atoms with Crippen molar-refractivity contribution >= 4 is 25.0 Å². The van der Waals surface area contributed by atoms with Gasteiger partial charge < -0.3 is 15.5 Å². The minimum atomic E-state index is -1.23. The number of pyridine rings is 1. The van der Waals surface area contributed by atoms with Crippen LogP contribution in [-0.2, 0) is 17.7 Å². The van der Waals surface area contributed by atoms with Crippen molar-refractivity contribution in [3.63, 3.8) is 0 Å². The van der Waals surface area contributed by atoms with Crippen LogP contribution >= 0.6 is 0 Å². The van der Waals surface area contributed by atoms with Gasteiger partial charge in [-0.25, -0.2) is 4.98 Å². The van der Waals surface area contributed by atoms with Gasteiger partial charge in [0, 0.05) is 33.0 Å². The highest BCUT2D eigenvalue weighted by molar-refractivity contribution is 6.76.